The summed E-state index contributed by atoms with van der Waals surface area (Å²) < 4.78 is 27.9. The van der Waals surface area contributed by atoms with Gasteiger partial charge in [-0.2, -0.15) is 0 Å². The molecule has 204 valence electrons. The number of nitrogens with one attached hydrogen (secondary N) is 2. The SMILES string of the molecule is C=C(c1ccnc(NS(C)=O)c1)N1CCC(N2Cc3cnc(N/C(=C/C(C)=C(\C)F)CC)nc3C2)C[C@H]1C. The van der Waals surface area contributed by atoms with Crippen LogP contribution >= 0.6 is 0 Å². The molecule has 8 nitrogen and oxygen atoms in total. The summed E-state index contributed by atoms with van der Waals surface area (Å²) in [5.74, 6) is 0.951. The first-order chi connectivity index (χ1) is 18.1. The van der Waals surface area contributed by atoms with E-state index < -0.39 is 11.0 Å². The molecule has 2 N–H and O–H groups in total. The number of anilines is 2. The Kier molecular flexibility index (Phi) is 8.94. The van der Waals surface area contributed by atoms with Crippen LogP contribution in [-0.2, 0) is 24.1 Å². The van der Waals surface area contributed by atoms with Crippen molar-refractivity contribution in [3.05, 3.63) is 71.1 Å². The fourth-order valence-electron chi connectivity index (χ4n) is 5.09. The minimum Gasteiger partial charge on any atom is -0.369 e. The molecule has 38 heavy (non-hydrogen) atoms. The molecule has 1 saturated heterocycles. The summed E-state index contributed by atoms with van der Waals surface area (Å²) in [5.41, 5.74) is 5.64. The van der Waals surface area contributed by atoms with Crippen LogP contribution in [0, 0.1) is 0 Å². The molecule has 3 atom stereocenters. The molecule has 2 unspecified atom stereocenters. The van der Waals surface area contributed by atoms with Crippen LogP contribution in [-0.4, -0.2) is 53.8 Å². The molecule has 2 aliphatic rings. The van der Waals surface area contributed by atoms with E-state index in [2.05, 4.69) is 43.3 Å². The lowest BCUT2D eigenvalue weighted by Crippen LogP contribution is -2.46. The first-order valence-corrected chi connectivity index (χ1v) is 14.6. The maximum Gasteiger partial charge on any atom is 0.227 e. The highest BCUT2D eigenvalue weighted by atomic mass is 32.2. The molecule has 0 spiro atoms. The number of aromatic nitrogens is 3. The van der Waals surface area contributed by atoms with Gasteiger partial charge in [-0.1, -0.05) is 13.5 Å². The van der Waals surface area contributed by atoms with Crippen molar-refractivity contribution >= 4 is 28.4 Å². The van der Waals surface area contributed by atoms with Crippen molar-refractivity contribution in [2.75, 3.05) is 22.8 Å². The van der Waals surface area contributed by atoms with Gasteiger partial charge in [-0.15, -0.1) is 0 Å². The number of pyridine rings is 1. The van der Waals surface area contributed by atoms with E-state index in [1.807, 2.05) is 31.3 Å². The van der Waals surface area contributed by atoms with E-state index in [0.717, 1.165) is 67.1 Å². The summed E-state index contributed by atoms with van der Waals surface area (Å²) in [7, 11) is -1.18. The second-order valence-electron chi connectivity index (χ2n) is 10.1. The van der Waals surface area contributed by atoms with Crippen molar-refractivity contribution in [1.29, 1.82) is 0 Å². The molecular weight excluding hydrogens is 501 g/mol. The minimum atomic E-state index is -1.18. The topological polar surface area (TPSA) is 86.3 Å². The molecule has 0 amide bonds. The van der Waals surface area contributed by atoms with E-state index >= 15 is 0 Å². The van der Waals surface area contributed by atoms with Crippen molar-refractivity contribution in [2.45, 2.75) is 72.1 Å². The van der Waals surface area contributed by atoms with Gasteiger partial charge in [-0.25, -0.2) is 23.6 Å². The molecule has 10 heteroatoms. The summed E-state index contributed by atoms with van der Waals surface area (Å²) in [4.78, 5) is 18.4. The number of rotatable bonds is 9. The highest BCUT2D eigenvalue weighted by Crippen LogP contribution is 2.33. The Hall–Kier alpha value is -3.11. The van der Waals surface area contributed by atoms with E-state index in [1.165, 1.54) is 6.92 Å². The average Bonchev–Trinajstić information content (AvgIpc) is 3.31. The first-order valence-electron chi connectivity index (χ1n) is 13.1. The summed E-state index contributed by atoms with van der Waals surface area (Å²) in [5, 5.41) is 3.27. The fraction of sp³-hybridized carbons (Fsp3) is 0.464. The molecule has 0 radical (unpaired) electrons. The Balaban J connectivity index is 1.38. The lowest BCUT2D eigenvalue weighted by molar-refractivity contribution is 0.102. The van der Waals surface area contributed by atoms with E-state index in [1.54, 1.807) is 19.4 Å². The standard InChI is InChI=1S/C28H38FN7OS/c1-7-24(12-18(2)20(4)29)32-28-31-15-23-16-35(17-26(23)33-28)25-9-11-36(19(3)13-25)21(5)22-8-10-30-27(14-22)34-38(6)37/h8,10,12,14-15,19,25H,5,7,9,11,13,16-17H2,1-4,6H3,(H,30,34)(H,31,32,33)/b20-18+,24-12+/t19-,25?,38?/m1/s1. The average molecular weight is 540 g/mol. The van der Waals surface area contributed by atoms with E-state index in [4.69, 9.17) is 4.98 Å². The molecule has 2 aromatic rings. The van der Waals surface area contributed by atoms with Gasteiger partial charge in [-0.05, 0) is 63.8 Å². The van der Waals surface area contributed by atoms with Crippen molar-refractivity contribution in [3.8, 4) is 0 Å². The van der Waals surface area contributed by atoms with Gasteiger partial charge in [0.2, 0.25) is 5.95 Å². The Morgan fingerprint density at radius 3 is 2.79 bits per heavy atom. The maximum absolute atomic E-state index is 13.5. The zero-order valence-corrected chi connectivity index (χ0v) is 23.7. The van der Waals surface area contributed by atoms with Crippen LogP contribution in [0.3, 0.4) is 0 Å². The Labute approximate surface area is 227 Å². The van der Waals surface area contributed by atoms with Gasteiger partial charge in [0, 0.05) is 72.9 Å². The molecule has 2 aliphatic heterocycles. The Morgan fingerprint density at radius 2 is 2.11 bits per heavy atom. The molecule has 2 aromatic heterocycles. The van der Waals surface area contributed by atoms with E-state index in [-0.39, 0.29) is 5.83 Å². The normalized spacial score (nSPS) is 21.5. The second kappa shape index (κ2) is 12.2. The summed E-state index contributed by atoms with van der Waals surface area (Å²) in [6.45, 7) is 14.4. The van der Waals surface area contributed by atoms with E-state index in [0.29, 0.717) is 29.4 Å². The third kappa shape index (κ3) is 6.66. The van der Waals surface area contributed by atoms with Gasteiger partial charge in [0.1, 0.15) is 16.8 Å². The molecule has 0 saturated carbocycles. The van der Waals surface area contributed by atoms with Crippen LogP contribution in [0.5, 0.6) is 0 Å². The molecule has 4 heterocycles. The number of likely N-dealkylation sites (tertiary alicyclic amines) is 1. The third-order valence-corrected chi connectivity index (χ3v) is 7.82. The summed E-state index contributed by atoms with van der Waals surface area (Å²) >= 11 is 0. The highest BCUT2D eigenvalue weighted by Gasteiger charge is 2.33. The Bertz CT molecular complexity index is 1270. The highest BCUT2D eigenvalue weighted by molar-refractivity contribution is 7.85. The van der Waals surface area contributed by atoms with Crippen LogP contribution in [0.2, 0.25) is 0 Å². The monoisotopic (exact) mass is 539 g/mol. The molecule has 0 aromatic carbocycles. The Morgan fingerprint density at radius 1 is 1.32 bits per heavy atom. The van der Waals surface area contributed by atoms with E-state index in [9.17, 15) is 8.60 Å². The van der Waals surface area contributed by atoms with Gasteiger partial charge in [0.25, 0.3) is 0 Å². The number of hydrogen-bond donors (Lipinski definition) is 2. The minimum absolute atomic E-state index is 0.191. The van der Waals surface area contributed by atoms with Crippen LogP contribution in [0.1, 0.15) is 63.8 Å². The maximum atomic E-state index is 13.5. The zero-order chi connectivity index (χ0) is 27.4. The number of piperidine rings is 1. The molecular formula is C28H38FN7OS. The number of halogens is 1. The van der Waals surface area contributed by atoms with Crippen molar-refractivity contribution in [1.82, 2.24) is 24.8 Å². The quantitative estimate of drug-likeness (QED) is 0.414. The predicted molar refractivity (Wildman–Crippen MR) is 153 cm³/mol. The molecule has 1 fully saturated rings. The van der Waals surface area contributed by atoms with Crippen molar-refractivity contribution in [2.24, 2.45) is 0 Å². The fourth-order valence-corrected chi connectivity index (χ4v) is 5.49. The number of nitrogens with zero attached hydrogens (tertiary/aromatic N) is 5. The largest absolute Gasteiger partial charge is 0.369 e. The van der Waals surface area contributed by atoms with Crippen LogP contribution < -0.4 is 10.0 Å². The van der Waals surface area contributed by atoms with Gasteiger partial charge in [0.15, 0.2) is 0 Å². The van der Waals surface area contributed by atoms with Gasteiger partial charge < -0.3 is 10.2 Å². The van der Waals surface area contributed by atoms with Crippen molar-refractivity contribution in [3.63, 3.8) is 0 Å². The lowest BCUT2D eigenvalue weighted by Gasteiger charge is -2.43. The third-order valence-electron chi connectivity index (χ3n) is 7.32. The molecule has 4 rings (SSSR count). The van der Waals surface area contributed by atoms with Crippen LogP contribution in [0.15, 0.2) is 54.3 Å². The van der Waals surface area contributed by atoms with Gasteiger partial charge >= 0.3 is 0 Å². The zero-order valence-electron chi connectivity index (χ0n) is 22.9. The van der Waals surface area contributed by atoms with Crippen LogP contribution in [0.4, 0.5) is 16.2 Å². The summed E-state index contributed by atoms with van der Waals surface area (Å²) in [6.07, 6.45) is 9.82. The van der Waals surface area contributed by atoms with Gasteiger partial charge in [0.05, 0.1) is 11.5 Å². The predicted octanol–water partition coefficient (Wildman–Crippen LogP) is 5.39. The first kappa shape index (κ1) is 27.9. The number of hydrogen-bond acceptors (Lipinski definition) is 7. The number of fused-ring (bicyclic) bond motifs is 1. The lowest BCUT2D eigenvalue weighted by atomic mass is 9.95. The summed E-state index contributed by atoms with van der Waals surface area (Å²) in [6, 6.07) is 4.62. The smallest absolute Gasteiger partial charge is 0.227 e. The van der Waals surface area contributed by atoms with Gasteiger partial charge in [-0.3, -0.25) is 9.62 Å². The number of allylic oxidation sites excluding steroid dienone is 4. The van der Waals surface area contributed by atoms with Crippen LogP contribution in [0.25, 0.3) is 5.70 Å². The molecule has 0 bridgehead atoms. The molecule has 0 aliphatic carbocycles. The van der Waals surface area contributed by atoms with Crippen molar-refractivity contribution < 1.29 is 8.60 Å². The second-order valence-corrected chi connectivity index (χ2v) is 11.2.